The maximum absolute atomic E-state index is 13.8. The van der Waals surface area contributed by atoms with E-state index in [1.807, 2.05) is 53.4 Å². The van der Waals surface area contributed by atoms with Gasteiger partial charge >= 0.3 is 0 Å². The van der Waals surface area contributed by atoms with Crippen molar-refractivity contribution in [2.45, 2.75) is 32.7 Å². The van der Waals surface area contributed by atoms with Crippen LogP contribution in [0.1, 0.15) is 33.9 Å². The van der Waals surface area contributed by atoms with E-state index >= 15 is 0 Å². The van der Waals surface area contributed by atoms with Crippen LogP contribution in [0.4, 0.5) is 0 Å². The van der Waals surface area contributed by atoms with Crippen LogP contribution in [0.25, 0.3) is 10.8 Å². The average Bonchev–Trinajstić information content (AvgIpc) is 2.90. The van der Waals surface area contributed by atoms with Crippen molar-refractivity contribution in [3.05, 3.63) is 101 Å². The molecule has 190 valence electrons. The molecule has 0 spiro atoms. The van der Waals surface area contributed by atoms with Crippen molar-refractivity contribution >= 4 is 16.7 Å². The lowest BCUT2D eigenvalue weighted by atomic mass is 9.91. The summed E-state index contributed by atoms with van der Waals surface area (Å²) in [5.74, 6) is 2.25. The largest absolute Gasteiger partial charge is 0.493 e. The fourth-order valence-electron chi connectivity index (χ4n) is 5.41. The Hall–Kier alpha value is -3.99. The van der Waals surface area contributed by atoms with Gasteiger partial charge in [0, 0.05) is 6.54 Å². The molecule has 0 N–H and O–H groups in total. The SMILES string of the molecule is COc1cc2c(cc1OC)[C@@H](COc1cc(C)cc(C)c1)N(C(=O)Cc1cccc3ccccc13)CC2. The Morgan fingerprint density at radius 1 is 0.892 bits per heavy atom. The third-order valence-electron chi connectivity index (χ3n) is 7.15. The quantitative estimate of drug-likeness (QED) is 0.305. The number of benzene rings is 4. The number of hydrogen-bond donors (Lipinski definition) is 0. The summed E-state index contributed by atoms with van der Waals surface area (Å²) in [6.45, 7) is 5.10. The van der Waals surface area contributed by atoms with E-state index in [1.165, 1.54) is 0 Å². The lowest BCUT2D eigenvalue weighted by molar-refractivity contribution is -0.134. The van der Waals surface area contributed by atoms with Gasteiger partial charge in [-0.25, -0.2) is 0 Å². The highest BCUT2D eigenvalue weighted by molar-refractivity contribution is 5.90. The molecular weight excluding hydrogens is 462 g/mol. The molecule has 0 saturated heterocycles. The molecule has 37 heavy (non-hydrogen) atoms. The number of aryl methyl sites for hydroxylation is 2. The monoisotopic (exact) mass is 495 g/mol. The molecular formula is C32H33NO4. The minimum absolute atomic E-state index is 0.0887. The Morgan fingerprint density at radius 2 is 1.59 bits per heavy atom. The standard InChI is InChI=1S/C32H33NO4/c1-21-14-22(2)16-26(15-21)37-20-29-28-19-31(36-4)30(35-3)17-25(28)12-13-33(29)32(34)18-24-10-7-9-23-8-5-6-11-27(23)24/h5-11,14-17,19,29H,12-13,18,20H2,1-4H3/t29-/m1/s1. The first-order valence-electron chi connectivity index (χ1n) is 12.7. The highest BCUT2D eigenvalue weighted by Crippen LogP contribution is 2.39. The van der Waals surface area contributed by atoms with Crippen LogP contribution in [0, 0.1) is 13.8 Å². The van der Waals surface area contributed by atoms with Crippen molar-refractivity contribution in [3.8, 4) is 17.2 Å². The van der Waals surface area contributed by atoms with Gasteiger partial charge in [-0.15, -0.1) is 0 Å². The van der Waals surface area contributed by atoms with Crippen molar-refractivity contribution < 1.29 is 19.0 Å². The van der Waals surface area contributed by atoms with Gasteiger partial charge in [0.05, 0.1) is 26.7 Å². The Bertz CT molecular complexity index is 1420. The van der Waals surface area contributed by atoms with E-state index in [2.05, 4.69) is 38.1 Å². The minimum atomic E-state index is -0.244. The molecule has 4 aromatic carbocycles. The molecule has 1 heterocycles. The van der Waals surface area contributed by atoms with E-state index in [0.29, 0.717) is 31.1 Å². The average molecular weight is 496 g/mol. The summed E-state index contributed by atoms with van der Waals surface area (Å²) in [6, 6.07) is 24.4. The van der Waals surface area contributed by atoms with Crippen molar-refractivity contribution in [1.29, 1.82) is 0 Å². The summed E-state index contributed by atoms with van der Waals surface area (Å²) < 4.78 is 17.5. The van der Waals surface area contributed by atoms with Gasteiger partial charge in [0.2, 0.25) is 5.91 Å². The predicted octanol–water partition coefficient (Wildman–Crippen LogP) is 6.22. The zero-order chi connectivity index (χ0) is 25.9. The highest BCUT2D eigenvalue weighted by Gasteiger charge is 2.33. The van der Waals surface area contributed by atoms with Gasteiger partial charge in [-0.2, -0.15) is 0 Å². The number of methoxy groups -OCH3 is 2. The molecule has 0 aromatic heterocycles. The summed E-state index contributed by atoms with van der Waals surface area (Å²) in [5, 5.41) is 2.26. The van der Waals surface area contributed by atoms with Crippen molar-refractivity contribution in [1.82, 2.24) is 4.90 Å². The van der Waals surface area contributed by atoms with Crippen molar-refractivity contribution in [3.63, 3.8) is 0 Å². The van der Waals surface area contributed by atoms with Crippen LogP contribution in [-0.2, 0) is 17.6 Å². The topological polar surface area (TPSA) is 48.0 Å². The van der Waals surface area contributed by atoms with Gasteiger partial charge in [-0.05, 0) is 83.1 Å². The second kappa shape index (κ2) is 10.6. The van der Waals surface area contributed by atoms with Gasteiger partial charge in [0.25, 0.3) is 0 Å². The molecule has 5 heteroatoms. The van der Waals surface area contributed by atoms with Gasteiger partial charge < -0.3 is 19.1 Å². The smallest absolute Gasteiger partial charge is 0.227 e. The Kier molecular flexibility index (Phi) is 7.04. The summed E-state index contributed by atoms with van der Waals surface area (Å²) in [4.78, 5) is 15.8. The molecule has 1 aliphatic heterocycles. The number of carbonyl (C=O) groups is 1. The number of rotatable bonds is 7. The molecule has 4 aromatic rings. The first-order valence-corrected chi connectivity index (χ1v) is 12.7. The lowest BCUT2D eigenvalue weighted by Gasteiger charge is -2.38. The fourth-order valence-corrected chi connectivity index (χ4v) is 5.41. The van der Waals surface area contributed by atoms with E-state index in [4.69, 9.17) is 14.2 Å². The van der Waals surface area contributed by atoms with E-state index < -0.39 is 0 Å². The second-order valence-corrected chi connectivity index (χ2v) is 9.71. The maximum Gasteiger partial charge on any atom is 0.227 e. The Balaban J connectivity index is 1.49. The molecule has 0 radical (unpaired) electrons. The molecule has 5 nitrogen and oxygen atoms in total. The van der Waals surface area contributed by atoms with E-state index in [1.54, 1.807) is 14.2 Å². The van der Waals surface area contributed by atoms with Gasteiger partial charge in [0.1, 0.15) is 12.4 Å². The van der Waals surface area contributed by atoms with Gasteiger partial charge in [-0.1, -0.05) is 48.5 Å². The number of carbonyl (C=O) groups excluding carboxylic acids is 1. The van der Waals surface area contributed by atoms with Gasteiger partial charge in [-0.3, -0.25) is 4.79 Å². The Morgan fingerprint density at radius 3 is 2.35 bits per heavy atom. The van der Waals surface area contributed by atoms with Crippen LogP contribution in [0.2, 0.25) is 0 Å². The molecule has 0 saturated carbocycles. The fraction of sp³-hybridized carbons (Fsp3) is 0.281. The number of nitrogens with zero attached hydrogens (tertiary/aromatic N) is 1. The summed E-state index contributed by atoms with van der Waals surface area (Å²) in [6.07, 6.45) is 1.08. The summed E-state index contributed by atoms with van der Waals surface area (Å²) in [7, 11) is 3.28. The first-order chi connectivity index (χ1) is 18.0. The molecule has 0 fully saturated rings. The maximum atomic E-state index is 13.8. The first kappa shape index (κ1) is 24.7. The normalized spacial score (nSPS) is 14.8. The van der Waals surface area contributed by atoms with E-state index in [0.717, 1.165) is 50.8 Å². The van der Waals surface area contributed by atoms with Crippen LogP contribution in [-0.4, -0.2) is 38.2 Å². The number of amides is 1. The molecule has 0 bridgehead atoms. The van der Waals surface area contributed by atoms with Crippen molar-refractivity contribution in [2.75, 3.05) is 27.4 Å². The van der Waals surface area contributed by atoms with Crippen LogP contribution in [0.5, 0.6) is 17.2 Å². The summed E-state index contributed by atoms with van der Waals surface area (Å²) in [5.41, 5.74) is 5.53. The molecule has 1 aliphatic rings. The lowest BCUT2D eigenvalue weighted by Crippen LogP contribution is -2.43. The van der Waals surface area contributed by atoms with E-state index in [9.17, 15) is 4.79 Å². The number of hydrogen-bond acceptors (Lipinski definition) is 4. The van der Waals surface area contributed by atoms with E-state index in [-0.39, 0.29) is 11.9 Å². The van der Waals surface area contributed by atoms with Crippen molar-refractivity contribution in [2.24, 2.45) is 0 Å². The van der Waals surface area contributed by atoms with Crippen LogP contribution >= 0.6 is 0 Å². The number of ether oxygens (including phenoxy) is 3. The third-order valence-corrected chi connectivity index (χ3v) is 7.15. The molecule has 1 atom stereocenters. The predicted molar refractivity (Wildman–Crippen MR) is 147 cm³/mol. The molecule has 1 amide bonds. The minimum Gasteiger partial charge on any atom is -0.493 e. The second-order valence-electron chi connectivity index (χ2n) is 9.71. The Labute approximate surface area is 218 Å². The van der Waals surface area contributed by atoms with Crippen LogP contribution < -0.4 is 14.2 Å². The van der Waals surface area contributed by atoms with Crippen LogP contribution in [0.3, 0.4) is 0 Å². The molecule has 0 unspecified atom stereocenters. The molecule has 5 rings (SSSR count). The third kappa shape index (κ3) is 5.12. The number of fused-ring (bicyclic) bond motifs is 2. The van der Waals surface area contributed by atoms with Gasteiger partial charge in [0.15, 0.2) is 11.5 Å². The van der Waals surface area contributed by atoms with Crippen LogP contribution in [0.15, 0.2) is 72.8 Å². The molecule has 0 aliphatic carbocycles. The zero-order valence-corrected chi connectivity index (χ0v) is 21.9. The zero-order valence-electron chi connectivity index (χ0n) is 21.9. The highest BCUT2D eigenvalue weighted by atomic mass is 16.5. The summed E-state index contributed by atoms with van der Waals surface area (Å²) >= 11 is 0.